The van der Waals surface area contributed by atoms with E-state index in [4.69, 9.17) is 5.10 Å². The van der Waals surface area contributed by atoms with Crippen molar-refractivity contribution in [3.8, 4) is 5.69 Å². The molecule has 4 rings (SSSR count). The Labute approximate surface area is 173 Å². The number of fused-ring (bicyclic) bond motifs is 1. The van der Waals surface area contributed by atoms with Crippen LogP contribution in [0.15, 0.2) is 66.0 Å². The Balaban J connectivity index is 1.53. The number of rotatable bonds is 5. The molecule has 148 valence electrons. The summed E-state index contributed by atoms with van der Waals surface area (Å²) in [4.78, 5) is 12.7. The van der Waals surface area contributed by atoms with Gasteiger partial charge in [0, 0.05) is 17.7 Å². The molecule has 0 aliphatic rings. The predicted octanol–water partition coefficient (Wildman–Crippen LogP) is 3.94. The second-order valence-corrected chi connectivity index (χ2v) is 8.60. The fraction of sp³-hybridized carbons (Fsp3) is 0.238. The zero-order chi connectivity index (χ0) is 20.4. The van der Waals surface area contributed by atoms with Crippen LogP contribution in [-0.2, 0) is 10.2 Å². The molecule has 1 aromatic carbocycles. The van der Waals surface area contributed by atoms with Gasteiger partial charge in [0.1, 0.15) is 5.82 Å². The van der Waals surface area contributed by atoms with Crippen LogP contribution in [0.5, 0.6) is 0 Å². The number of carbonyl (C=O) groups is 1. The quantitative estimate of drug-likeness (QED) is 0.508. The van der Waals surface area contributed by atoms with Gasteiger partial charge in [0.05, 0.1) is 17.1 Å². The molecule has 0 atom stereocenters. The SMILES string of the molecule is CC(C)(C)c1cc(NC(=O)CSc2nnc3ccccn23)n(-c2ccccc2)n1. The zero-order valence-corrected chi connectivity index (χ0v) is 17.3. The van der Waals surface area contributed by atoms with Gasteiger partial charge in [-0.2, -0.15) is 5.10 Å². The smallest absolute Gasteiger partial charge is 0.236 e. The van der Waals surface area contributed by atoms with E-state index in [2.05, 4.69) is 36.3 Å². The molecular weight excluding hydrogens is 384 g/mol. The molecular formula is C21H22N6OS. The lowest BCUT2D eigenvalue weighted by molar-refractivity contribution is -0.113. The summed E-state index contributed by atoms with van der Waals surface area (Å²) in [6.07, 6.45) is 1.88. The van der Waals surface area contributed by atoms with E-state index in [1.54, 1.807) is 4.68 Å². The minimum atomic E-state index is -0.130. The van der Waals surface area contributed by atoms with Crippen molar-refractivity contribution in [3.05, 3.63) is 66.5 Å². The van der Waals surface area contributed by atoms with E-state index in [9.17, 15) is 4.79 Å². The third-order valence-corrected chi connectivity index (χ3v) is 5.30. The van der Waals surface area contributed by atoms with E-state index in [1.807, 2.05) is 65.2 Å². The molecule has 0 aliphatic heterocycles. The van der Waals surface area contributed by atoms with Gasteiger partial charge in [-0.3, -0.25) is 9.20 Å². The van der Waals surface area contributed by atoms with E-state index in [1.165, 1.54) is 11.8 Å². The highest BCUT2D eigenvalue weighted by Gasteiger charge is 2.21. The monoisotopic (exact) mass is 406 g/mol. The number of nitrogens with one attached hydrogen (secondary N) is 1. The number of carbonyl (C=O) groups excluding carboxylic acids is 1. The second-order valence-electron chi connectivity index (χ2n) is 7.66. The Bertz CT molecular complexity index is 1140. The van der Waals surface area contributed by atoms with E-state index >= 15 is 0 Å². The normalized spacial score (nSPS) is 11.7. The zero-order valence-electron chi connectivity index (χ0n) is 16.5. The molecule has 3 aromatic heterocycles. The third-order valence-electron chi connectivity index (χ3n) is 4.36. The lowest BCUT2D eigenvalue weighted by atomic mass is 9.92. The molecule has 29 heavy (non-hydrogen) atoms. The van der Waals surface area contributed by atoms with Crippen LogP contribution >= 0.6 is 11.8 Å². The maximum atomic E-state index is 12.7. The van der Waals surface area contributed by atoms with Gasteiger partial charge in [-0.1, -0.05) is 56.8 Å². The van der Waals surface area contributed by atoms with Gasteiger partial charge < -0.3 is 5.32 Å². The molecule has 0 aliphatic carbocycles. The minimum Gasteiger partial charge on any atom is -0.310 e. The highest BCUT2D eigenvalue weighted by atomic mass is 32.2. The van der Waals surface area contributed by atoms with Gasteiger partial charge in [0.2, 0.25) is 5.91 Å². The topological polar surface area (TPSA) is 77.1 Å². The average molecular weight is 407 g/mol. The first-order valence-electron chi connectivity index (χ1n) is 9.30. The molecule has 7 nitrogen and oxygen atoms in total. The molecule has 8 heteroatoms. The number of anilines is 1. The Morgan fingerprint density at radius 3 is 2.59 bits per heavy atom. The number of hydrogen-bond acceptors (Lipinski definition) is 5. The van der Waals surface area contributed by atoms with Crippen molar-refractivity contribution < 1.29 is 4.79 Å². The molecule has 0 saturated carbocycles. The van der Waals surface area contributed by atoms with E-state index in [-0.39, 0.29) is 17.1 Å². The van der Waals surface area contributed by atoms with Gasteiger partial charge in [-0.15, -0.1) is 10.2 Å². The highest BCUT2D eigenvalue weighted by molar-refractivity contribution is 7.99. The van der Waals surface area contributed by atoms with Gasteiger partial charge in [0.15, 0.2) is 10.8 Å². The number of aromatic nitrogens is 5. The van der Waals surface area contributed by atoms with Crippen LogP contribution in [0.2, 0.25) is 0 Å². The van der Waals surface area contributed by atoms with Crippen molar-refractivity contribution in [1.82, 2.24) is 24.4 Å². The number of hydrogen-bond donors (Lipinski definition) is 1. The Morgan fingerprint density at radius 2 is 1.83 bits per heavy atom. The molecule has 0 fully saturated rings. The van der Waals surface area contributed by atoms with Crippen LogP contribution in [0.4, 0.5) is 5.82 Å². The first-order chi connectivity index (χ1) is 13.9. The fourth-order valence-corrected chi connectivity index (χ4v) is 3.55. The standard InChI is InChI=1S/C21H22N6OS/c1-21(2,3)16-13-18(27(25-16)15-9-5-4-6-10-15)22-19(28)14-29-20-24-23-17-11-7-8-12-26(17)20/h4-13H,14H2,1-3H3,(H,22,28). The number of nitrogens with zero attached hydrogens (tertiary/aromatic N) is 5. The number of benzene rings is 1. The summed E-state index contributed by atoms with van der Waals surface area (Å²) in [5.74, 6) is 0.749. The predicted molar refractivity (Wildman–Crippen MR) is 115 cm³/mol. The van der Waals surface area contributed by atoms with Crippen LogP contribution < -0.4 is 5.32 Å². The van der Waals surface area contributed by atoms with Crippen molar-refractivity contribution in [3.63, 3.8) is 0 Å². The summed E-state index contributed by atoms with van der Waals surface area (Å²) in [7, 11) is 0. The summed E-state index contributed by atoms with van der Waals surface area (Å²) >= 11 is 1.35. The van der Waals surface area contributed by atoms with Crippen molar-refractivity contribution in [1.29, 1.82) is 0 Å². The van der Waals surface area contributed by atoms with E-state index in [0.717, 1.165) is 17.0 Å². The Hall–Kier alpha value is -3.13. The summed E-state index contributed by atoms with van der Waals surface area (Å²) in [5, 5.41) is 16.7. The summed E-state index contributed by atoms with van der Waals surface area (Å²) in [6, 6.07) is 17.4. The lowest BCUT2D eigenvalue weighted by Gasteiger charge is -2.14. The van der Waals surface area contributed by atoms with Gasteiger partial charge in [-0.25, -0.2) is 4.68 Å². The van der Waals surface area contributed by atoms with E-state index in [0.29, 0.717) is 11.0 Å². The number of thioether (sulfide) groups is 1. The number of para-hydroxylation sites is 1. The molecule has 3 heterocycles. The van der Waals surface area contributed by atoms with Crippen molar-refractivity contribution >= 4 is 29.1 Å². The van der Waals surface area contributed by atoms with Gasteiger partial charge in [0.25, 0.3) is 0 Å². The molecule has 0 saturated heterocycles. The van der Waals surface area contributed by atoms with Crippen LogP contribution in [-0.4, -0.2) is 36.0 Å². The van der Waals surface area contributed by atoms with Crippen molar-refractivity contribution in [2.75, 3.05) is 11.1 Å². The molecule has 4 aromatic rings. The lowest BCUT2D eigenvalue weighted by Crippen LogP contribution is -2.17. The molecule has 0 spiro atoms. The summed E-state index contributed by atoms with van der Waals surface area (Å²) in [6.45, 7) is 6.30. The number of pyridine rings is 1. The van der Waals surface area contributed by atoms with Gasteiger partial charge in [-0.05, 0) is 24.3 Å². The maximum absolute atomic E-state index is 12.7. The summed E-state index contributed by atoms with van der Waals surface area (Å²) < 4.78 is 3.64. The third kappa shape index (κ3) is 4.17. The fourth-order valence-electron chi connectivity index (χ4n) is 2.83. The van der Waals surface area contributed by atoms with Crippen molar-refractivity contribution in [2.45, 2.75) is 31.3 Å². The number of amides is 1. The van der Waals surface area contributed by atoms with Crippen LogP contribution in [0.25, 0.3) is 11.3 Å². The Kier molecular flexibility index (Phi) is 5.10. The van der Waals surface area contributed by atoms with Crippen LogP contribution in [0, 0.1) is 0 Å². The molecule has 0 unspecified atom stereocenters. The first-order valence-corrected chi connectivity index (χ1v) is 10.3. The maximum Gasteiger partial charge on any atom is 0.236 e. The largest absolute Gasteiger partial charge is 0.310 e. The Morgan fingerprint density at radius 1 is 1.07 bits per heavy atom. The van der Waals surface area contributed by atoms with E-state index < -0.39 is 0 Å². The van der Waals surface area contributed by atoms with Crippen LogP contribution in [0.1, 0.15) is 26.5 Å². The molecule has 1 N–H and O–H groups in total. The minimum absolute atomic E-state index is 0.125. The molecule has 0 bridgehead atoms. The average Bonchev–Trinajstić information content (AvgIpc) is 3.31. The second kappa shape index (κ2) is 7.71. The van der Waals surface area contributed by atoms with Crippen molar-refractivity contribution in [2.24, 2.45) is 0 Å². The summed E-state index contributed by atoms with van der Waals surface area (Å²) in [5.41, 5.74) is 2.43. The molecule has 0 radical (unpaired) electrons. The first kappa shape index (κ1) is 19.2. The van der Waals surface area contributed by atoms with Gasteiger partial charge >= 0.3 is 0 Å². The molecule has 1 amide bonds. The highest BCUT2D eigenvalue weighted by Crippen LogP contribution is 2.26. The van der Waals surface area contributed by atoms with Crippen LogP contribution in [0.3, 0.4) is 0 Å².